The highest BCUT2D eigenvalue weighted by atomic mass is 32.1. The zero-order chi connectivity index (χ0) is 14.0. The van der Waals surface area contributed by atoms with Crippen molar-refractivity contribution in [1.82, 2.24) is 4.98 Å². The van der Waals surface area contributed by atoms with Gasteiger partial charge in [0.15, 0.2) is 0 Å². The highest BCUT2D eigenvalue weighted by Crippen LogP contribution is 2.21. The fourth-order valence-corrected chi connectivity index (χ4v) is 2.55. The minimum absolute atomic E-state index is 0.147. The van der Waals surface area contributed by atoms with Crippen molar-refractivity contribution < 1.29 is 4.79 Å². The molecule has 1 aromatic heterocycles. The summed E-state index contributed by atoms with van der Waals surface area (Å²) in [4.78, 5) is 16.4. The number of aromatic nitrogens is 1. The van der Waals surface area contributed by atoms with Crippen molar-refractivity contribution in [1.29, 1.82) is 0 Å². The van der Waals surface area contributed by atoms with E-state index in [-0.39, 0.29) is 11.9 Å². The molecular weight excluding hydrogens is 258 g/mol. The molecule has 0 aliphatic carbocycles. The van der Waals surface area contributed by atoms with E-state index in [1.54, 1.807) is 5.38 Å². The third kappa shape index (κ3) is 3.00. The molecule has 1 atom stereocenters. The maximum atomic E-state index is 12.1. The molecule has 0 aliphatic rings. The Labute approximate surface area is 116 Å². The average molecular weight is 275 g/mol. The largest absolute Gasteiger partial charge is 0.322 e. The number of nitrogens with one attached hydrogen (secondary N) is 1. The fourth-order valence-electron chi connectivity index (χ4n) is 1.79. The molecule has 0 aliphatic heterocycles. The highest BCUT2D eigenvalue weighted by Gasteiger charge is 2.14. The molecule has 0 fully saturated rings. The average Bonchev–Trinajstić information content (AvgIpc) is 2.83. The van der Waals surface area contributed by atoms with Gasteiger partial charge in [0.25, 0.3) is 5.91 Å². The van der Waals surface area contributed by atoms with Crippen molar-refractivity contribution in [2.45, 2.75) is 26.8 Å². The van der Waals surface area contributed by atoms with E-state index in [4.69, 9.17) is 5.73 Å². The van der Waals surface area contributed by atoms with Crippen LogP contribution in [0.2, 0.25) is 0 Å². The number of hydrogen-bond donors (Lipinski definition) is 2. The van der Waals surface area contributed by atoms with Crippen molar-refractivity contribution in [2.75, 3.05) is 5.32 Å². The van der Waals surface area contributed by atoms with Crippen LogP contribution < -0.4 is 11.1 Å². The number of amides is 1. The van der Waals surface area contributed by atoms with Crippen LogP contribution in [0.5, 0.6) is 0 Å². The number of anilines is 1. The first kappa shape index (κ1) is 13.7. The van der Waals surface area contributed by atoms with Gasteiger partial charge in [-0.3, -0.25) is 4.79 Å². The Bertz CT molecular complexity index is 584. The van der Waals surface area contributed by atoms with Gasteiger partial charge in [-0.15, -0.1) is 11.3 Å². The van der Waals surface area contributed by atoms with Crippen LogP contribution in [-0.4, -0.2) is 10.9 Å². The Morgan fingerprint density at radius 2 is 2.00 bits per heavy atom. The molecule has 4 nitrogen and oxygen atoms in total. The van der Waals surface area contributed by atoms with E-state index >= 15 is 0 Å². The smallest absolute Gasteiger partial charge is 0.275 e. The highest BCUT2D eigenvalue weighted by molar-refractivity contribution is 7.09. The summed E-state index contributed by atoms with van der Waals surface area (Å²) < 4.78 is 0. The maximum Gasteiger partial charge on any atom is 0.275 e. The van der Waals surface area contributed by atoms with Crippen LogP contribution in [0.15, 0.2) is 23.6 Å². The first-order chi connectivity index (χ1) is 8.99. The van der Waals surface area contributed by atoms with E-state index in [2.05, 4.69) is 10.3 Å². The van der Waals surface area contributed by atoms with Crippen LogP contribution in [-0.2, 0) is 0 Å². The SMILES string of the molecule is Cc1cccc(C)c1NC(=O)c1csc(C(C)N)n1. The van der Waals surface area contributed by atoms with Gasteiger partial charge in [0, 0.05) is 11.1 Å². The van der Waals surface area contributed by atoms with Gasteiger partial charge in [-0.25, -0.2) is 4.98 Å². The van der Waals surface area contributed by atoms with Gasteiger partial charge in [0.2, 0.25) is 0 Å². The van der Waals surface area contributed by atoms with Crippen molar-refractivity contribution >= 4 is 22.9 Å². The van der Waals surface area contributed by atoms with Crippen molar-refractivity contribution in [2.24, 2.45) is 5.73 Å². The minimum Gasteiger partial charge on any atom is -0.322 e. The predicted octanol–water partition coefficient (Wildman–Crippen LogP) is 3.03. The third-order valence-electron chi connectivity index (χ3n) is 2.86. The van der Waals surface area contributed by atoms with E-state index in [0.29, 0.717) is 5.69 Å². The lowest BCUT2D eigenvalue weighted by molar-refractivity contribution is 0.102. The number of hydrogen-bond acceptors (Lipinski definition) is 4. The van der Waals surface area contributed by atoms with E-state index in [1.807, 2.05) is 39.0 Å². The fraction of sp³-hybridized carbons (Fsp3) is 0.286. The lowest BCUT2D eigenvalue weighted by Gasteiger charge is -2.10. The van der Waals surface area contributed by atoms with Crippen LogP contribution in [0.3, 0.4) is 0 Å². The number of nitrogens with two attached hydrogens (primary N) is 1. The summed E-state index contributed by atoms with van der Waals surface area (Å²) in [6.07, 6.45) is 0. The molecule has 2 aromatic rings. The molecular formula is C14H17N3OS. The summed E-state index contributed by atoms with van der Waals surface area (Å²) in [6.45, 7) is 5.79. The summed E-state index contributed by atoms with van der Waals surface area (Å²) in [5.74, 6) is -0.194. The Hall–Kier alpha value is -1.72. The zero-order valence-corrected chi connectivity index (χ0v) is 12.0. The molecule has 1 unspecified atom stereocenters. The summed E-state index contributed by atoms with van der Waals surface area (Å²) in [6, 6.07) is 5.76. The lowest BCUT2D eigenvalue weighted by Crippen LogP contribution is -2.15. The predicted molar refractivity (Wildman–Crippen MR) is 78.6 cm³/mol. The second-order valence-corrected chi connectivity index (χ2v) is 5.47. The van der Waals surface area contributed by atoms with Crippen molar-refractivity contribution in [3.63, 3.8) is 0 Å². The van der Waals surface area contributed by atoms with Gasteiger partial charge < -0.3 is 11.1 Å². The number of para-hydroxylation sites is 1. The van der Waals surface area contributed by atoms with Crippen LogP contribution in [0.4, 0.5) is 5.69 Å². The normalized spacial score (nSPS) is 12.2. The van der Waals surface area contributed by atoms with Crippen LogP contribution in [0, 0.1) is 13.8 Å². The molecule has 19 heavy (non-hydrogen) atoms. The molecule has 2 rings (SSSR count). The molecule has 100 valence electrons. The van der Waals surface area contributed by atoms with Gasteiger partial charge in [-0.1, -0.05) is 18.2 Å². The second kappa shape index (κ2) is 5.50. The van der Waals surface area contributed by atoms with Crippen molar-refractivity contribution in [3.05, 3.63) is 45.4 Å². The number of benzene rings is 1. The first-order valence-corrected chi connectivity index (χ1v) is 6.95. The number of rotatable bonds is 3. The van der Waals surface area contributed by atoms with E-state index < -0.39 is 0 Å². The first-order valence-electron chi connectivity index (χ1n) is 6.07. The van der Waals surface area contributed by atoms with Crippen molar-refractivity contribution in [3.8, 4) is 0 Å². The molecule has 0 bridgehead atoms. The second-order valence-electron chi connectivity index (χ2n) is 4.58. The van der Waals surface area contributed by atoms with E-state index in [9.17, 15) is 4.79 Å². The minimum atomic E-state index is -0.194. The van der Waals surface area contributed by atoms with Crippen LogP contribution >= 0.6 is 11.3 Å². The van der Waals surface area contributed by atoms with E-state index in [1.165, 1.54) is 11.3 Å². The Morgan fingerprint density at radius 3 is 2.53 bits per heavy atom. The quantitative estimate of drug-likeness (QED) is 0.904. The maximum absolute atomic E-state index is 12.1. The molecule has 1 amide bonds. The number of carbonyl (C=O) groups excluding carboxylic acids is 1. The molecule has 0 saturated carbocycles. The topological polar surface area (TPSA) is 68.0 Å². The van der Waals surface area contributed by atoms with E-state index in [0.717, 1.165) is 21.8 Å². The number of thiazole rings is 1. The summed E-state index contributed by atoms with van der Waals surface area (Å²) in [5, 5.41) is 5.42. The van der Waals surface area contributed by atoms with Gasteiger partial charge in [0.1, 0.15) is 10.7 Å². The summed E-state index contributed by atoms with van der Waals surface area (Å²) in [5.41, 5.74) is 9.09. The standard InChI is InChI=1S/C14H17N3OS/c1-8-5-4-6-9(2)12(8)17-13(18)11-7-19-14(16-11)10(3)15/h4-7,10H,15H2,1-3H3,(H,17,18). The van der Waals surface area contributed by atoms with Crippen LogP contribution in [0.1, 0.15) is 39.6 Å². The Morgan fingerprint density at radius 1 is 1.37 bits per heavy atom. The molecule has 0 spiro atoms. The van der Waals surface area contributed by atoms with Gasteiger partial charge in [-0.05, 0) is 31.9 Å². The molecule has 1 heterocycles. The third-order valence-corrected chi connectivity index (χ3v) is 3.91. The zero-order valence-electron chi connectivity index (χ0n) is 11.2. The van der Waals surface area contributed by atoms with Gasteiger partial charge in [-0.2, -0.15) is 0 Å². The Balaban J connectivity index is 2.21. The number of carbonyl (C=O) groups is 1. The molecule has 3 N–H and O–H groups in total. The molecule has 0 saturated heterocycles. The number of nitrogens with zero attached hydrogens (tertiary/aromatic N) is 1. The van der Waals surface area contributed by atoms with Gasteiger partial charge in [0.05, 0.1) is 6.04 Å². The molecule has 5 heteroatoms. The Kier molecular flexibility index (Phi) is 3.97. The molecule has 0 radical (unpaired) electrons. The lowest BCUT2D eigenvalue weighted by atomic mass is 10.1. The summed E-state index contributed by atoms with van der Waals surface area (Å²) >= 11 is 1.41. The molecule has 1 aromatic carbocycles. The summed E-state index contributed by atoms with van der Waals surface area (Å²) in [7, 11) is 0. The van der Waals surface area contributed by atoms with Gasteiger partial charge >= 0.3 is 0 Å². The van der Waals surface area contributed by atoms with Crippen LogP contribution in [0.25, 0.3) is 0 Å². The number of aryl methyl sites for hydroxylation is 2. The monoisotopic (exact) mass is 275 g/mol.